The third-order valence-corrected chi connectivity index (χ3v) is 6.24. The molecular formula is C25H25N3O2. The molecule has 0 unspecified atom stereocenters. The van der Waals surface area contributed by atoms with Crippen molar-refractivity contribution in [2.75, 3.05) is 42.5 Å². The first-order valence-electron chi connectivity index (χ1n) is 10.6. The number of hydrogen-bond acceptors (Lipinski definition) is 3. The molecule has 0 bridgehead atoms. The molecule has 3 aromatic rings. The third kappa shape index (κ3) is 3.41. The predicted molar refractivity (Wildman–Crippen MR) is 120 cm³/mol. The Hall–Kier alpha value is -3.34. The summed E-state index contributed by atoms with van der Waals surface area (Å²) < 4.78 is 0. The Balaban J connectivity index is 1.27. The van der Waals surface area contributed by atoms with Crippen LogP contribution < -0.4 is 9.80 Å². The molecule has 0 N–H and O–H groups in total. The number of nitrogens with zero attached hydrogens (tertiary/aromatic N) is 3. The molecule has 5 rings (SSSR count). The zero-order valence-corrected chi connectivity index (χ0v) is 16.9. The summed E-state index contributed by atoms with van der Waals surface area (Å²) in [6.07, 6.45) is 0.293. The van der Waals surface area contributed by atoms with Crippen LogP contribution in [0.5, 0.6) is 0 Å². The lowest BCUT2D eigenvalue weighted by Gasteiger charge is -2.37. The standard InChI is InChI=1S/C25H25N3O2/c29-24-17-20(18-28(24)23-12-6-8-19-7-4-5-11-22(19)23)25(30)27-15-13-26(14-16-27)21-9-2-1-3-10-21/h1-12,20H,13-18H2/t20-/m1/s1. The first-order valence-corrected chi connectivity index (χ1v) is 10.6. The van der Waals surface area contributed by atoms with Gasteiger partial charge >= 0.3 is 0 Å². The van der Waals surface area contributed by atoms with Gasteiger partial charge < -0.3 is 14.7 Å². The van der Waals surface area contributed by atoms with Gasteiger partial charge in [0.2, 0.25) is 11.8 Å². The number of amides is 2. The molecule has 5 nitrogen and oxygen atoms in total. The molecule has 0 aliphatic carbocycles. The van der Waals surface area contributed by atoms with Crippen LogP contribution in [0.25, 0.3) is 10.8 Å². The number of para-hydroxylation sites is 1. The topological polar surface area (TPSA) is 43.9 Å². The number of fused-ring (bicyclic) bond motifs is 1. The Morgan fingerprint density at radius 3 is 2.30 bits per heavy atom. The number of hydrogen-bond donors (Lipinski definition) is 0. The van der Waals surface area contributed by atoms with Gasteiger partial charge in [0, 0.05) is 50.2 Å². The van der Waals surface area contributed by atoms with E-state index in [9.17, 15) is 9.59 Å². The smallest absolute Gasteiger partial charge is 0.228 e. The highest BCUT2D eigenvalue weighted by Crippen LogP contribution is 2.32. The molecule has 5 heteroatoms. The summed E-state index contributed by atoms with van der Waals surface area (Å²) in [5.74, 6) is -0.119. The zero-order valence-electron chi connectivity index (χ0n) is 16.9. The summed E-state index contributed by atoms with van der Waals surface area (Å²) in [6, 6.07) is 24.4. The maximum atomic E-state index is 13.2. The van der Waals surface area contributed by atoms with E-state index >= 15 is 0 Å². The molecule has 2 aliphatic rings. The van der Waals surface area contributed by atoms with E-state index in [4.69, 9.17) is 0 Å². The van der Waals surface area contributed by atoms with E-state index < -0.39 is 0 Å². The van der Waals surface area contributed by atoms with Crippen LogP contribution in [0.15, 0.2) is 72.8 Å². The summed E-state index contributed by atoms with van der Waals surface area (Å²) in [7, 11) is 0. The lowest BCUT2D eigenvalue weighted by molar-refractivity contribution is -0.136. The molecule has 2 amide bonds. The predicted octanol–water partition coefficient (Wildman–Crippen LogP) is 3.54. The second-order valence-electron chi connectivity index (χ2n) is 8.05. The maximum Gasteiger partial charge on any atom is 0.228 e. The number of carbonyl (C=O) groups is 2. The molecule has 2 fully saturated rings. The van der Waals surface area contributed by atoms with E-state index in [2.05, 4.69) is 17.0 Å². The minimum atomic E-state index is -0.264. The number of piperazine rings is 1. The zero-order chi connectivity index (χ0) is 20.5. The molecule has 30 heavy (non-hydrogen) atoms. The van der Waals surface area contributed by atoms with Crippen LogP contribution >= 0.6 is 0 Å². The van der Waals surface area contributed by atoms with E-state index in [-0.39, 0.29) is 17.7 Å². The summed E-state index contributed by atoms with van der Waals surface area (Å²) >= 11 is 0. The van der Waals surface area contributed by atoms with E-state index in [1.165, 1.54) is 5.69 Å². The molecule has 0 spiro atoms. The van der Waals surface area contributed by atoms with Gasteiger partial charge in [0.05, 0.1) is 11.6 Å². The van der Waals surface area contributed by atoms with Crippen molar-refractivity contribution in [3.05, 3.63) is 72.8 Å². The van der Waals surface area contributed by atoms with Crippen molar-refractivity contribution in [3.63, 3.8) is 0 Å². The van der Waals surface area contributed by atoms with Gasteiger partial charge in [-0.05, 0) is 23.6 Å². The van der Waals surface area contributed by atoms with Gasteiger partial charge in [-0.3, -0.25) is 9.59 Å². The SMILES string of the molecule is O=C([C@@H]1CC(=O)N(c2cccc3ccccc23)C1)N1CCN(c2ccccc2)CC1. The van der Waals surface area contributed by atoms with Crippen LogP contribution in [-0.2, 0) is 9.59 Å². The van der Waals surface area contributed by atoms with Crippen LogP contribution in [0.3, 0.4) is 0 Å². The van der Waals surface area contributed by atoms with Crippen LogP contribution in [0.2, 0.25) is 0 Å². The van der Waals surface area contributed by atoms with E-state index in [0.29, 0.717) is 26.1 Å². The Morgan fingerprint density at radius 2 is 1.50 bits per heavy atom. The first kappa shape index (κ1) is 18.7. The average Bonchev–Trinajstić information content (AvgIpc) is 3.20. The molecule has 1 atom stereocenters. The van der Waals surface area contributed by atoms with Crippen molar-refractivity contribution in [2.45, 2.75) is 6.42 Å². The summed E-state index contributed by atoms with van der Waals surface area (Å²) in [5, 5.41) is 2.16. The first-order chi connectivity index (χ1) is 14.7. The van der Waals surface area contributed by atoms with E-state index in [1.54, 1.807) is 4.90 Å². The monoisotopic (exact) mass is 399 g/mol. The van der Waals surface area contributed by atoms with Gasteiger partial charge in [-0.2, -0.15) is 0 Å². The minimum Gasteiger partial charge on any atom is -0.368 e. The van der Waals surface area contributed by atoms with Gasteiger partial charge in [-0.1, -0.05) is 54.6 Å². The van der Waals surface area contributed by atoms with Crippen molar-refractivity contribution >= 4 is 34.0 Å². The third-order valence-electron chi connectivity index (χ3n) is 6.24. The molecule has 2 heterocycles. The Bertz CT molecular complexity index is 1070. The fourth-order valence-corrected chi connectivity index (χ4v) is 4.63. The van der Waals surface area contributed by atoms with Gasteiger partial charge in [-0.25, -0.2) is 0 Å². The quantitative estimate of drug-likeness (QED) is 0.677. The van der Waals surface area contributed by atoms with Crippen LogP contribution in [0, 0.1) is 5.92 Å². The fourth-order valence-electron chi connectivity index (χ4n) is 4.63. The summed E-state index contributed by atoms with van der Waals surface area (Å²) in [4.78, 5) is 32.0. The largest absolute Gasteiger partial charge is 0.368 e. The number of benzene rings is 3. The Morgan fingerprint density at radius 1 is 0.800 bits per heavy atom. The maximum absolute atomic E-state index is 13.2. The second kappa shape index (κ2) is 7.82. The lowest BCUT2D eigenvalue weighted by Crippen LogP contribution is -2.50. The van der Waals surface area contributed by atoms with Crippen molar-refractivity contribution in [1.82, 2.24) is 4.90 Å². The summed E-state index contributed by atoms with van der Waals surface area (Å²) in [6.45, 7) is 3.51. The molecule has 2 saturated heterocycles. The Labute approximate surface area is 176 Å². The van der Waals surface area contributed by atoms with Crippen molar-refractivity contribution < 1.29 is 9.59 Å². The minimum absolute atomic E-state index is 0.0348. The molecule has 152 valence electrons. The Kier molecular flexibility index (Phi) is 4.87. The van der Waals surface area contributed by atoms with Gasteiger partial charge in [0.1, 0.15) is 0 Å². The highest BCUT2D eigenvalue weighted by Gasteiger charge is 2.38. The van der Waals surface area contributed by atoms with Crippen molar-refractivity contribution in [1.29, 1.82) is 0 Å². The van der Waals surface area contributed by atoms with Crippen LogP contribution in [0.4, 0.5) is 11.4 Å². The molecule has 0 aromatic heterocycles. The molecule has 0 radical (unpaired) electrons. The summed E-state index contributed by atoms with van der Waals surface area (Å²) in [5.41, 5.74) is 2.10. The van der Waals surface area contributed by atoms with Gasteiger partial charge in [-0.15, -0.1) is 0 Å². The fraction of sp³-hybridized carbons (Fsp3) is 0.280. The lowest BCUT2D eigenvalue weighted by atomic mass is 10.1. The van der Waals surface area contributed by atoms with E-state index in [0.717, 1.165) is 29.5 Å². The normalized spacial score (nSPS) is 19.5. The highest BCUT2D eigenvalue weighted by atomic mass is 16.2. The molecule has 0 saturated carbocycles. The van der Waals surface area contributed by atoms with Gasteiger partial charge in [0.25, 0.3) is 0 Å². The second-order valence-corrected chi connectivity index (χ2v) is 8.05. The van der Waals surface area contributed by atoms with Crippen LogP contribution in [0.1, 0.15) is 6.42 Å². The van der Waals surface area contributed by atoms with Crippen molar-refractivity contribution in [2.24, 2.45) is 5.92 Å². The van der Waals surface area contributed by atoms with Crippen LogP contribution in [-0.4, -0.2) is 49.4 Å². The molecule has 3 aromatic carbocycles. The average molecular weight is 399 g/mol. The number of rotatable bonds is 3. The number of anilines is 2. The van der Waals surface area contributed by atoms with Crippen molar-refractivity contribution in [3.8, 4) is 0 Å². The highest BCUT2D eigenvalue weighted by molar-refractivity contribution is 6.07. The number of carbonyl (C=O) groups excluding carboxylic acids is 2. The molecular weight excluding hydrogens is 374 g/mol. The van der Waals surface area contributed by atoms with Gasteiger partial charge in [0.15, 0.2) is 0 Å². The molecule has 2 aliphatic heterocycles. The van der Waals surface area contributed by atoms with E-state index in [1.807, 2.05) is 65.6 Å².